The van der Waals surface area contributed by atoms with Gasteiger partial charge in [-0.25, -0.2) is 4.79 Å². The van der Waals surface area contributed by atoms with Crippen molar-refractivity contribution in [1.82, 2.24) is 5.32 Å². The second kappa shape index (κ2) is 9.16. The van der Waals surface area contributed by atoms with Gasteiger partial charge in [-0.05, 0) is 55.3 Å². The van der Waals surface area contributed by atoms with E-state index in [-0.39, 0.29) is 16.2 Å². The number of hydrogen-bond donors (Lipinski definition) is 1. The van der Waals surface area contributed by atoms with Crippen LogP contribution in [0.4, 0.5) is 13.2 Å². The first-order chi connectivity index (χ1) is 13.9. The van der Waals surface area contributed by atoms with E-state index in [0.29, 0.717) is 5.56 Å². The molecule has 2 rings (SSSR count). The third-order valence-electron chi connectivity index (χ3n) is 3.73. The largest absolute Gasteiger partial charge is 0.452 e. The molecule has 7 nitrogen and oxygen atoms in total. The number of aryl methyl sites for hydroxylation is 2. The number of carbonyl (C=O) groups is 2. The van der Waals surface area contributed by atoms with Crippen LogP contribution >= 0.6 is 0 Å². The molecule has 0 aliphatic rings. The topological polar surface area (TPSA) is 98.8 Å². The van der Waals surface area contributed by atoms with E-state index in [0.717, 1.165) is 5.56 Å². The molecule has 0 aromatic heterocycles. The monoisotopic (exact) mass is 445 g/mol. The smallest absolute Gasteiger partial charge is 0.405 e. The Bertz CT molecular complexity index is 1030. The van der Waals surface area contributed by atoms with Crippen LogP contribution in [0.1, 0.15) is 21.5 Å². The molecule has 0 bridgehead atoms. The number of ether oxygens (including phenoxy) is 1. The van der Waals surface area contributed by atoms with Crippen LogP contribution in [0.2, 0.25) is 0 Å². The van der Waals surface area contributed by atoms with Crippen LogP contribution in [0.25, 0.3) is 0 Å². The molecule has 0 saturated carbocycles. The lowest BCUT2D eigenvalue weighted by atomic mass is 10.2. The number of carbonyl (C=O) groups excluding carboxylic acids is 2. The summed E-state index contributed by atoms with van der Waals surface area (Å²) < 4.78 is 70.6. The number of benzene rings is 2. The summed E-state index contributed by atoms with van der Waals surface area (Å²) >= 11 is 0. The first-order valence-corrected chi connectivity index (χ1v) is 9.90. The molecule has 0 unspecified atom stereocenters. The Morgan fingerprint density at radius 3 is 2.27 bits per heavy atom. The summed E-state index contributed by atoms with van der Waals surface area (Å²) in [7, 11) is -4.10. The maximum absolute atomic E-state index is 12.5. The molecule has 0 heterocycles. The van der Waals surface area contributed by atoms with Crippen molar-refractivity contribution < 1.29 is 40.1 Å². The molecular formula is C19H18F3NO6S. The van der Waals surface area contributed by atoms with Crippen LogP contribution in [0, 0.1) is 13.8 Å². The minimum absolute atomic E-state index is 0.0101. The molecule has 0 atom stereocenters. The standard InChI is InChI=1S/C19H18F3NO6S/c1-12-3-4-13(2)16(9-12)30(26,27)29-15-7-5-14(6-8-15)18(25)28-10-17(24)23-11-19(20,21)22/h3-9H,10-11H2,1-2H3,(H,23,24). The Balaban J connectivity index is 1.98. The maximum atomic E-state index is 12.5. The molecule has 0 aliphatic heterocycles. The zero-order valence-corrected chi connectivity index (χ0v) is 16.8. The lowest BCUT2D eigenvalue weighted by Crippen LogP contribution is -2.36. The maximum Gasteiger partial charge on any atom is 0.405 e. The normalized spacial score (nSPS) is 11.6. The number of esters is 1. The van der Waals surface area contributed by atoms with Gasteiger partial charge in [0.15, 0.2) is 6.61 Å². The zero-order valence-electron chi connectivity index (χ0n) is 15.9. The van der Waals surface area contributed by atoms with E-state index in [9.17, 15) is 31.2 Å². The summed E-state index contributed by atoms with van der Waals surface area (Å²) in [5, 5.41) is 1.56. The third-order valence-corrected chi connectivity index (χ3v) is 5.12. The van der Waals surface area contributed by atoms with Crippen LogP contribution in [-0.4, -0.2) is 39.6 Å². The van der Waals surface area contributed by atoms with Crippen LogP contribution in [-0.2, 0) is 19.6 Å². The predicted molar refractivity (Wildman–Crippen MR) is 99.5 cm³/mol. The summed E-state index contributed by atoms with van der Waals surface area (Å²) in [5.41, 5.74) is 1.19. The number of halogens is 3. The van der Waals surface area contributed by atoms with Gasteiger partial charge in [0, 0.05) is 0 Å². The number of hydrogen-bond acceptors (Lipinski definition) is 6. The highest BCUT2D eigenvalue weighted by Crippen LogP contribution is 2.23. The number of rotatable bonds is 7. The lowest BCUT2D eigenvalue weighted by molar-refractivity contribution is -0.140. The van der Waals surface area contributed by atoms with E-state index in [4.69, 9.17) is 4.18 Å². The molecule has 1 amide bonds. The van der Waals surface area contributed by atoms with Crippen molar-refractivity contribution in [3.05, 3.63) is 59.2 Å². The Hall–Kier alpha value is -3.08. The summed E-state index contributed by atoms with van der Waals surface area (Å²) in [6.07, 6.45) is -4.58. The fraction of sp³-hybridized carbons (Fsp3) is 0.263. The quantitative estimate of drug-likeness (QED) is 0.520. The van der Waals surface area contributed by atoms with Gasteiger partial charge < -0.3 is 14.2 Å². The molecule has 0 fully saturated rings. The Labute approximate surface area is 170 Å². The van der Waals surface area contributed by atoms with E-state index in [2.05, 4.69) is 4.74 Å². The van der Waals surface area contributed by atoms with Crippen molar-refractivity contribution in [3.63, 3.8) is 0 Å². The van der Waals surface area contributed by atoms with E-state index < -0.39 is 41.3 Å². The Morgan fingerprint density at radius 1 is 1.03 bits per heavy atom. The minimum Gasteiger partial charge on any atom is -0.452 e. The molecule has 162 valence electrons. The molecule has 1 N–H and O–H groups in total. The Morgan fingerprint density at radius 2 is 1.67 bits per heavy atom. The van der Waals surface area contributed by atoms with E-state index >= 15 is 0 Å². The molecule has 2 aromatic rings. The number of alkyl halides is 3. The van der Waals surface area contributed by atoms with Gasteiger partial charge >= 0.3 is 22.3 Å². The van der Waals surface area contributed by atoms with E-state index in [1.54, 1.807) is 31.3 Å². The summed E-state index contributed by atoms with van der Waals surface area (Å²) in [6.45, 7) is 0.931. The first kappa shape index (κ1) is 23.2. The summed E-state index contributed by atoms with van der Waals surface area (Å²) in [6, 6.07) is 9.70. The SMILES string of the molecule is Cc1ccc(C)c(S(=O)(=O)Oc2ccc(C(=O)OCC(=O)NCC(F)(F)F)cc2)c1. The first-order valence-electron chi connectivity index (χ1n) is 8.50. The van der Waals surface area contributed by atoms with Crippen LogP contribution < -0.4 is 9.50 Å². The van der Waals surface area contributed by atoms with Gasteiger partial charge in [-0.1, -0.05) is 12.1 Å². The van der Waals surface area contributed by atoms with Gasteiger partial charge in [-0.2, -0.15) is 21.6 Å². The number of nitrogens with one attached hydrogen (secondary N) is 1. The molecule has 0 saturated heterocycles. The molecule has 11 heteroatoms. The van der Waals surface area contributed by atoms with Gasteiger partial charge in [0.25, 0.3) is 5.91 Å². The van der Waals surface area contributed by atoms with Gasteiger partial charge in [-0.3, -0.25) is 4.79 Å². The van der Waals surface area contributed by atoms with Gasteiger partial charge in [-0.15, -0.1) is 0 Å². The van der Waals surface area contributed by atoms with Gasteiger partial charge in [0.2, 0.25) is 0 Å². The second-order valence-electron chi connectivity index (χ2n) is 6.30. The van der Waals surface area contributed by atoms with Gasteiger partial charge in [0.1, 0.15) is 17.2 Å². The summed E-state index contributed by atoms with van der Waals surface area (Å²) in [5.74, 6) is -2.14. The van der Waals surface area contributed by atoms with Crippen LogP contribution in [0.5, 0.6) is 5.75 Å². The highest BCUT2D eigenvalue weighted by Gasteiger charge is 2.28. The average molecular weight is 445 g/mol. The van der Waals surface area contributed by atoms with E-state index in [1.807, 2.05) is 0 Å². The zero-order chi connectivity index (χ0) is 22.5. The lowest BCUT2D eigenvalue weighted by Gasteiger charge is -2.11. The fourth-order valence-corrected chi connectivity index (χ4v) is 3.51. The predicted octanol–water partition coefficient (Wildman–Crippen LogP) is 2.91. The average Bonchev–Trinajstić information content (AvgIpc) is 2.66. The molecule has 0 radical (unpaired) electrons. The van der Waals surface area contributed by atoms with Crippen molar-refractivity contribution >= 4 is 22.0 Å². The second-order valence-corrected chi connectivity index (χ2v) is 7.81. The van der Waals surface area contributed by atoms with Crippen LogP contribution in [0.15, 0.2) is 47.4 Å². The third kappa shape index (κ3) is 6.76. The highest BCUT2D eigenvalue weighted by atomic mass is 32.2. The highest BCUT2D eigenvalue weighted by molar-refractivity contribution is 7.87. The van der Waals surface area contributed by atoms with Crippen LogP contribution in [0.3, 0.4) is 0 Å². The van der Waals surface area contributed by atoms with Crippen molar-refractivity contribution in [3.8, 4) is 5.75 Å². The van der Waals surface area contributed by atoms with E-state index in [1.165, 1.54) is 30.3 Å². The van der Waals surface area contributed by atoms with Crippen molar-refractivity contribution in [2.24, 2.45) is 0 Å². The molecule has 0 spiro atoms. The minimum atomic E-state index is -4.58. The molecule has 2 aromatic carbocycles. The van der Waals surface area contributed by atoms with Crippen molar-refractivity contribution in [1.29, 1.82) is 0 Å². The molecular weight excluding hydrogens is 427 g/mol. The molecule has 30 heavy (non-hydrogen) atoms. The fourth-order valence-electron chi connectivity index (χ4n) is 2.26. The van der Waals surface area contributed by atoms with Gasteiger partial charge in [0.05, 0.1) is 5.56 Å². The Kier molecular flexibility index (Phi) is 7.08. The number of amides is 1. The summed E-state index contributed by atoms with van der Waals surface area (Å²) in [4.78, 5) is 23.1. The van der Waals surface area contributed by atoms with Crippen molar-refractivity contribution in [2.75, 3.05) is 13.2 Å². The molecule has 0 aliphatic carbocycles. The van der Waals surface area contributed by atoms with Crippen molar-refractivity contribution in [2.45, 2.75) is 24.9 Å².